The molecule has 0 unspecified atom stereocenters. The van der Waals surface area contributed by atoms with Gasteiger partial charge in [-0.25, -0.2) is 4.39 Å². The summed E-state index contributed by atoms with van der Waals surface area (Å²) in [4.78, 5) is 0. The van der Waals surface area contributed by atoms with Crippen LogP contribution in [0.3, 0.4) is 0 Å². The predicted molar refractivity (Wildman–Crippen MR) is 68.4 cm³/mol. The third kappa shape index (κ3) is 2.12. The fourth-order valence-corrected chi connectivity index (χ4v) is 1.71. The minimum absolute atomic E-state index is 0.0982. The standard InChI is InChI=1S/C15H12F2O/c1-3-10-4-6-11(7-5-10)12-8-9-13(18-2)15(17)14(12)16/h3-9H,1H2,2H3. The molecule has 0 bridgehead atoms. The molecule has 2 rings (SSSR count). The molecule has 0 fully saturated rings. The van der Waals surface area contributed by atoms with Crippen LogP contribution in [0.4, 0.5) is 8.78 Å². The maximum absolute atomic E-state index is 13.8. The Morgan fingerprint density at radius 3 is 2.22 bits per heavy atom. The highest BCUT2D eigenvalue weighted by atomic mass is 19.2. The number of hydrogen-bond acceptors (Lipinski definition) is 1. The number of rotatable bonds is 3. The first-order valence-corrected chi connectivity index (χ1v) is 5.42. The number of hydrogen-bond donors (Lipinski definition) is 0. The molecule has 0 atom stereocenters. The van der Waals surface area contributed by atoms with Crippen molar-refractivity contribution < 1.29 is 13.5 Å². The number of ether oxygens (including phenoxy) is 1. The molecule has 0 N–H and O–H groups in total. The van der Waals surface area contributed by atoms with Crippen molar-refractivity contribution in [2.45, 2.75) is 0 Å². The van der Waals surface area contributed by atoms with Gasteiger partial charge in [0, 0.05) is 5.56 Å². The van der Waals surface area contributed by atoms with Gasteiger partial charge in [0.1, 0.15) is 0 Å². The summed E-state index contributed by atoms with van der Waals surface area (Å²) in [5, 5.41) is 0. The minimum Gasteiger partial charge on any atom is -0.494 e. The van der Waals surface area contributed by atoms with Gasteiger partial charge in [-0.15, -0.1) is 0 Å². The summed E-state index contributed by atoms with van der Waals surface area (Å²) < 4.78 is 32.1. The van der Waals surface area contributed by atoms with E-state index >= 15 is 0 Å². The molecule has 3 heteroatoms. The van der Waals surface area contributed by atoms with Crippen LogP contribution in [0.2, 0.25) is 0 Å². The van der Waals surface area contributed by atoms with Gasteiger partial charge in [-0.3, -0.25) is 0 Å². The molecule has 0 amide bonds. The smallest absolute Gasteiger partial charge is 0.201 e. The van der Waals surface area contributed by atoms with Crippen LogP contribution >= 0.6 is 0 Å². The first-order chi connectivity index (χ1) is 8.67. The summed E-state index contributed by atoms with van der Waals surface area (Å²) in [6.07, 6.45) is 1.69. The zero-order chi connectivity index (χ0) is 13.1. The van der Waals surface area contributed by atoms with Crippen molar-refractivity contribution in [1.29, 1.82) is 0 Å². The van der Waals surface area contributed by atoms with E-state index in [1.165, 1.54) is 19.2 Å². The molecule has 0 spiro atoms. The summed E-state index contributed by atoms with van der Waals surface area (Å²) in [5.41, 5.74) is 1.75. The van der Waals surface area contributed by atoms with Crippen molar-refractivity contribution in [3.05, 3.63) is 60.2 Å². The van der Waals surface area contributed by atoms with Crippen LogP contribution in [-0.2, 0) is 0 Å². The second-order valence-corrected chi connectivity index (χ2v) is 3.77. The summed E-state index contributed by atoms with van der Waals surface area (Å²) in [7, 11) is 1.30. The minimum atomic E-state index is -0.970. The van der Waals surface area contributed by atoms with Gasteiger partial charge in [0.15, 0.2) is 11.6 Å². The van der Waals surface area contributed by atoms with Crippen LogP contribution in [0.5, 0.6) is 5.75 Å². The SMILES string of the molecule is C=Cc1ccc(-c2ccc(OC)c(F)c2F)cc1. The predicted octanol–water partition coefficient (Wildman–Crippen LogP) is 4.28. The average Bonchev–Trinajstić information content (AvgIpc) is 2.42. The van der Waals surface area contributed by atoms with Gasteiger partial charge in [0.25, 0.3) is 0 Å². The third-order valence-corrected chi connectivity index (χ3v) is 2.72. The first kappa shape index (κ1) is 12.3. The van der Waals surface area contributed by atoms with Gasteiger partial charge < -0.3 is 4.74 Å². The van der Waals surface area contributed by atoms with Crippen molar-refractivity contribution in [3.8, 4) is 16.9 Å². The van der Waals surface area contributed by atoms with Crippen LogP contribution in [-0.4, -0.2) is 7.11 Å². The Bertz CT molecular complexity index is 574. The number of methoxy groups -OCH3 is 1. The van der Waals surface area contributed by atoms with E-state index in [1.807, 2.05) is 0 Å². The largest absolute Gasteiger partial charge is 0.494 e. The average molecular weight is 246 g/mol. The van der Waals surface area contributed by atoms with Crippen molar-refractivity contribution in [1.82, 2.24) is 0 Å². The lowest BCUT2D eigenvalue weighted by molar-refractivity contribution is 0.372. The molecule has 0 aliphatic rings. The Morgan fingerprint density at radius 1 is 1.00 bits per heavy atom. The molecule has 2 aromatic carbocycles. The lowest BCUT2D eigenvalue weighted by Crippen LogP contribution is -1.94. The van der Waals surface area contributed by atoms with Crippen LogP contribution in [0.25, 0.3) is 17.2 Å². The van der Waals surface area contributed by atoms with Crippen molar-refractivity contribution in [2.75, 3.05) is 7.11 Å². The second kappa shape index (κ2) is 5.00. The molecule has 18 heavy (non-hydrogen) atoms. The zero-order valence-electron chi connectivity index (χ0n) is 9.91. The summed E-state index contributed by atoms with van der Waals surface area (Å²) in [5.74, 6) is -1.97. The molecule has 0 radical (unpaired) electrons. The molecule has 0 aliphatic carbocycles. The highest BCUT2D eigenvalue weighted by Gasteiger charge is 2.14. The molecule has 0 heterocycles. The molecule has 0 saturated carbocycles. The van der Waals surface area contributed by atoms with Crippen molar-refractivity contribution in [2.24, 2.45) is 0 Å². The normalized spacial score (nSPS) is 10.2. The summed E-state index contributed by atoms with van der Waals surface area (Å²) in [6, 6.07) is 9.95. The van der Waals surface area contributed by atoms with Crippen LogP contribution in [0.1, 0.15) is 5.56 Å². The van der Waals surface area contributed by atoms with Gasteiger partial charge in [0.2, 0.25) is 5.82 Å². The highest BCUT2D eigenvalue weighted by molar-refractivity contribution is 5.67. The molecule has 0 saturated heterocycles. The van der Waals surface area contributed by atoms with Gasteiger partial charge in [-0.1, -0.05) is 36.9 Å². The second-order valence-electron chi connectivity index (χ2n) is 3.77. The molecule has 0 aromatic heterocycles. The topological polar surface area (TPSA) is 9.23 Å². The third-order valence-electron chi connectivity index (χ3n) is 2.72. The van der Waals surface area contributed by atoms with Crippen LogP contribution in [0.15, 0.2) is 43.0 Å². The van der Waals surface area contributed by atoms with E-state index in [-0.39, 0.29) is 11.3 Å². The molecule has 92 valence electrons. The maximum Gasteiger partial charge on any atom is 0.201 e. The Kier molecular flexibility index (Phi) is 3.42. The Hall–Kier alpha value is -2.16. The Morgan fingerprint density at radius 2 is 1.67 bits per heavy atom. The van der Waals surface area contributed by atoms with E-state index in [4.69, 9.17) is 4.74 Å². The van der Waals surface area contributed by atoms with Crippen LogP contribution in [0, 0.1) is 11.6 Å². The van der Waals surface area contributed by atoms with Gasteiger partial charge >= 0.3 is 0 Å². The molecule has 2 aromatic rings. The van der Waals surface area contributed by atoms with Gasteiger partial charge in [-0.05, 0) is 23.3 Å². The van der Waals surface area contributed by atoms with E-state index in [0.717, 1.165) is 5.56 Å². The first-order valence-electron chi connectivity index (χ1n) is 5.42. The summed E-state index contributed by atoms with van der Waals surface area (Å²) in [6.45, 7) is 3.64. The van der Waals surface area contributed by atoms with E-state index in [0.29, 0.717) is 5.56 Å². The van der Waals surface area contributed by atoms with Crippen molar-refractivity contribution in [3.63, 3.8) is 0 Å². The number of benzene rings is 2. The molecular formula is C15H12F2O. The lowest BCUT2D eigenvalue weighted by Gasteiger charge is -2.08. The quantitative estimate of drug-likeness (QED) is 0.785. The van der Waals surface area contributed by atoms with E-state index in [9.17, 15) is 8.78 Å². The molecular weight excluding hydrogens is 234 g/mol. The molecule has 0 aliphatic heterocycles. The lowest BCUT2D eigenvalue weighted by atomic mass is 10.0. The van der Waals surface area contributed by atoms with E-state index in [1.54, 1.807) is 30.3 Å². The fourth-order valence-electron chi connectivity index (χ4n) is 1.71. The van der Waals surface area contributed by atoms with Crippen LogP contribution < -0.4 is 4.74 Å². The Labute approximate surface area is 104 Å². The monoisotopic (exact) mass is 246 g/mol. The van der Waals surface area contributed by atoms with Gasteiger partial charge in [-0.2, -0.15) is 4.39 Å². The fraction of sp³-hybridized carbons (Fsp3) is 0.0667. The van der Waals surface area contributed by atoms with Crippen molar-refractivity contribution >= 4 is 6.08 Å². The summed E-state index contributed by atoms with van der Waals surface area (Å²) >= 11 is 0. The molecule has 1 nitrogen and oxygen atoms in total. The zero-order valence-corrected chi connectivity index (χ0v) is 9.91. The Balaban J connectivity index is 2.50. The van der Waals surface area contributed by atoms with Gasteiger partial charge in [0.05, 0.1) is 7.11 Å². The maximum atomic E-state index is 13.8. The number of halogens is 2. The van der Waals surface area contributed by atoms with E-state index in [2.05, 4.69) is 6.58 Å². The highest BCUT2D eigenvalue weighted by Crippen LogP contribution is 2.29. The van der Waals surface area contributed by atoms with E-state index < -0.39 is 11.6 Å².